The number of aromatic nitrogens is 2. The van der Waals surface area contributed by atoms with Gasteiger partial charge in [0.05, 0.1) is 22.9 Å². The van der Waals surface area contributed by atoms with Gasteiger partial charge in [0.2, 0.25) is 0 Å². The molecule has 0 saturated carbocycles. The van der Waals surface area contributed by atoms with Crippen LogP contribution in [0.4, 0.5) is 0 Å². The molecule has 1 aliphatic rings. The third-order valence-electron chi connectivity index (χ3n) is 4.08. The monoisotopic (exact) mass is 295 g/mol. The van der Waals surface area contributed by atoms with Crippen LogP contribution >= 0.6 is 11.3 Å². The fraction of sp³-hybridized carbons (Fsp3) is 0.294. The Balaban J connectivity index is 1.51. The van der Waals surface area contributed by atoms with Gasteiger partial charge in [-0.05, 0) is 48.4 Å². The van der Waals surface area contributed by atoms with Crippen molar-refractivity contribution in [3.63, 3.8) is 0 Å². The lowest BCUT2D eigenvalue weighted by Crippen LogP contribution is -2.24. The summed E-state index contributed by atoms with van der Waals surface area (Å²) in [6.07, 6.45) is 5.60. The van der Waals surface area contributed by atoms with Crippen LogP contribution in [-0.2, 0) is 13.0 Å². The molecule has 3 aromatic rings. The molecule has 4 rings (SSSR count). The van der Waals surface area contributed by atoms with Crippen LogP contribution in [0, 0.1) is 0 Å². The fourth-order valence-electron chi connectivity index (χ4n) is 3.01. The van der Waals surface area contributed by atoms with E-state index >= 15 is 0 Å². The molecule has 1 aliphatic carbocycles. The number of para-hydroxylation sites is 2. The molecule has 4 heteroatoms. The molecule has 2 aromatic heterocycles. The van der Waals surface area contributed by atoms with Gasteiger partial charge in [-0.3, -0.25) is 4.98 Å². The van der Waals surface area contributed by atoms with Gasteiger partial charge in [0.1, 0.15) is 0 Å². The van der Waals surface area contributed by atoms with E-state index in [1.807, 2.05) is 41.8 Å². The van der Waals surface area contributed by atoms with Crippen LogP contribution < -0.4 is 5.32 Å². The molecule has 0 amide bonds. The van der Waals surface area contributed by atoms with E-state index in [9.17, 15) is 0 Å². The van der Waals surface area contributed by atoms with Crippen LogP contribution in [0.3, 0.4) is 0 Å². The smallest absolute Gasteiger partial charge is 0.0890 e. The number of thiophene rings is 1. The predicted molar refractivity (Wildman–Crippen MR) is 86.4 cm³/mol. The normalized spacial score (nSPS) is 17.8. The number of benzene rings is 1. The Labute approximate surface area is 128 Å². The minimum absolute atomic E-state index is 0.466. The van der Waals surface area contributed by atoms with Crippen molar-refractivity contribution >= 4 is 22.4 Å². The first-order valence-corrected chi connectivity index (χ1v) is 8.28. The molecule has 0 saturated heterocycles. The van der Waals surface area contributed by atoms with E-state index in [0.29, 0.717) is 6.04 Å². The summed E-state index contributed by atoms with van der Waals surface area (Å²) >= 11 is 1.88. The second-order valence-corrected chi connectivity index (χ2v) is 6.48. The minimum atomic E-state index is 0.466. The van der Waals surface area contributed by atoms with Crippen molar-refractivity contribution in [1.29, 1.82) is 0 Å². The molecule has 106 valence electrons. The number of fused-ring (bicyclic) bond motifs is 2. The highest BCUT2D eigenvalue weighted by Gasteiger charge is 2.20. The Morgan fingerprint density at radius 3 is 3.05 bits per heavy atom. The Hall–Kier alpha value is -1.78. The first kappa shape index (κ1) is 12.9. The van der Waals surface area contributed by atoms with Crippen LogP contribution in [0.25, 0.3) is 11.0 Å². The molecule has 21 heavy (non-hydrogen) atoms. The summed E-state index contributed by atoms with van der Waals surface area (Å²) in [5.41, 5.74) is 4.42. The highest BCUT2D eigenvalue weighted by atomic mass is 32.1. The number of nitrogens with one attached hydrogen (secondary N) is 1. The van der Waals surface area contributed by atoms with Gasteiger partial charge >= 0.3 is 0 Å². The van der Waals surface area contributed by atoms with Crippen LogP contribution in [0.15, 0.2) is 41.9 Å². The molecule has 1 N–H and O–H groups in total. The molecule has 0 aliphatic heterocycles. The number of rotatable bonds is 3. The summed E-state index contributed by atoms with van der Waals surface area (Å²) in [6.45, 7) is 0.776. The van der Waals surface area contributed by atoms with Crippen molar-refractivity contribution in [2.45, 2.75) is 31.8 Å². The molecule has 2 heterocycles. The van der Waals surface area contributed by atoms with Crippen molar-refractivity contribution in [3.05, 3.63) is 58.0 Å². The highest BCUT2D eigenvalue weighted by Crippen LogP contribution is 2.33. The number of hydrogen-bond donors (Lipinski definition) is 1. The SMILES string of the molecule is c1ccc2nc(CNC3CCCc4sccc43)cnc2c1. The summed E-state index contributed by atoms with van der Waals surface area (Å²) in [7, 11) is 0. The first-order valence-electron chi connectivity index (χ1n) is 7.40. The molecule has 0 spiro atoms. The maximum atomic E-state index is 4.68. The maximum Gasteiger partial charge on any atom is 0.0890 e. The topological polar surface area (TPSA) is 37.8 Å². The predicted octanol–water partition coefficient (Wildman–Crippen LogP) is 3.86. The van der Waals surface area contributed by atoms with E-state index in [1.54, 1.807) is 4.88 Å². The van der Waals surface area contributed by atoms with E-state index in [1.165, 1.54) is 24.8 Å². The summed E-state index contributed by atoms with van der Waals surface area (Å²) in [6, 6.07) is 10.8. The van der Waals surface area contributed by atoms with Crippen molar-refractivity contribution < 1.29 is 0 Å². The number of hydrogen-bond acceptors (Lipinski definition) is 4. The zero-order valence-electron chi connectivity index (χ0n) is 11.7. The van der Waals surface area contributed by atoms with E-state index in [2.05, 4.69) is 26.7 Å². The van der Waals surface area contributed by atoms with Crippen molar-refractivity contribution in [2.24, 2.45) is 0 Å². The maximum absolute atomic E-state index is 4.68. The molecule has 0 fully saturated rings. The van der Waals surface area contributed by atoms with Gasteiger partial charge in [-0.15, -0.1) is 11.3 Å². The average molecular weight is 295 g/mol. The molecule has 1 atom stereocenters. The third-order valence-corrected chi connectivity index (χ3v) is 5.08. The van der Waals surface area contributed by atoms with E-state index in [-0.39, 0.29) is 0 Å². The van der Waals surface area contributed by atoms with Gasteiger partial charge in [0.25, 0.3) is 0 Å². The van der Waals surface area contributed by atoms with Crippen molar-refractivity contribution in [3.8, 4) is 0 Å². The molecule has 1 unspecified atom stereocenters. The Kier molecular flexibility index (Phi) is 3.41. The quantitative estimate of drug-likeness (QED) is 0.797. The lowest BCUT2D eigenvalue weighted by molar-refractivity contribution is 0.460. The fourth-order valence-corrected chi connectivity index (χ4v) is 3.99. The zero-order chi connectivity index (χ0) is 14.1. The standard InChI is InChI=1S/C17H17N3S/c1-2-5-16-15(4-1)19-11-12(20-16)10-18-14-6-3-7-17-13(14)8-9-21-17/h1-2,4-5,8-9,11,14,18H,3,6-7,10H2. The summed E-state index contributed by atoms with van der Waals surface area (Å²) in [5, 5.41) is 5.86. The van der Waals surface area contributed by atoms with Crippen LogP contribution in [0.1, 0.15) is 35.0 Å². The second kappa shape index (κ2) is 5.54. The van der Waals surface area contributed by atoms with Crippen LogP contribution in [0.5, 0.6) is 0 Å². The Morgan fingerprint density at radius 2 is 2.10 bits per heavy atom. The van der Waals surface area contributed by atoms with E-state index < -0.39 is 0 Å². The van der Waals surface area contributed by atoms with Crippen molar-refractivity contribution in [1.82, 2.24) is 15.3 Å². The van der Waals surface area contributed by atoms with Crippen molar-refractivity contribution in [2.75, 3.05) is 0 Å². The van der Waals surface area contributed by atoms with Gasteiger partial charge < -0.3 is 5.32 Å². The largest absolute Gasteiger partial charge is 0.304 e. The minimum Gasteiger partial charge on any atom is -0.304 e. The first-order chi connectivity index (χ1) is 10.4. The Bertz CT molecular complexity index is 765. The van der Waals surface area contributed by atoms with E-state index in [0.717, 1.165) is 23.3 Å². The highest BCUT2D eigenvalue weighted by molar-refractivity contribution is 7.10. The molecular weight excluding hydrogens is 278 g/mol. The lowest BCUT2D eigenvalue weighted by atomic mass is 9.94. The van der Waals surface area contributed by atoms with Gasteiger partial charge in [-0.2, -0.15) is 0 Å². The summed E-state index contributed by atoms with van der Waals surface area (Å²) in [4.78, 5) is 10.7. The van der Waals surface area contributed by atoms with Gasteiger partial charge in [-0.1, -0.05) is 12.1 Å². The number of aryl methyl sites for hydroxylation is 1. The van der Waals surface area contributed by atoms with Gasteiger partial charge in [-0.25, -0.2) is 4.98 Å². The van der Waals surface area contributed by atoms with E-state index in [4.69, 9.17) is 0 Å². The number of nitrogens with zero attached hydrogens (tertiary/aromatic N) is 2. The summed E-state index contributed by atoms with van der Waals surface area (Å²) < 4.78 is 0. The average Bonchev–Trinajstić information content (AvgIpc) is 3.02. The zero-order valence-corrected chi connectivity index (χ0v) is 12.6. The molecule has 3 nitrogen and oxygen atoms in total. The van der Waals surface area contributed by atoms with Crippen LogP contribution in [0.2, 0.25) is 0 Å². The Morgan fingerprint density at radius 1 is 1.19 bits per heavy atom. The molecule has 0 radical (unpaired) electrons. The third kappa shape index (κ3) is 2.57. The lowest BCUT2D eigenvalue weighted by Gasteiger charge is -2.23. The molecular formula is C17H17N3S. The van der Waals surface area contributed by atoms with Crippen LogP contribution in [-0.4, -0.2) is 9.97 Å². The molecule has 0 bridgehead atoms. The second-order valence-electron chi connectivity index (χ2n) is 5.47. The van der Waals surface area contributed by atoms with Gasteiger partial charge in [0.15, 0.2) is 0 Å². The molecule has 1 aromatic carbocycles. The summed E-state index contributed by atoms with van der Waals surface area (Å²) in [5.74, 6) is 0. The van der Waals surface area contributed by atoms with Gasteiger partial charge in [0, 0.05) is 17.5 Å².